The van der Waals surface area contributed by atoms with Crippen LogP contribution < -0.4 is 4.74 Å². The van der Waals surface area contributed by atoms with Crippen LogP contribution in [0.4, 0.5) is 17.6 Å². The number of pyridine rings is 2. The SMILES string of the molecule is O=C(Cc1cnc(OCC(F)(F)F)c(-c2ccc(F)cc2)c1)c1cccnc1. The number of halogens is 4. The molecule has 1 aromatic carbocycles. The van der Waals surface area contributed by atoms with Gasteiger partial charge in [-0.1, -0.05) is 12.1 Å². The van der Waals surface area contributed by atoms with Crippen molar-refractivity contribution in [3.63, 3.8) is 0 Å². The summed E-state index contributed by atoms with van der Waals surface area (Å²) in [7, 11) is 0. The molecule has 4 nitrogen and oxygen atoms in total. The number of nitrogens with zero attached hydrogens (tertiary/aromatic N) is 2. The van der Waals surface area contributed by atoms with Crippen LogP contribution in [0.25, 0.3) is 11.1 Å². The minimum atomic E-state index is -4.53. The van der Waals surface area contributed by atoms with Crippen LogP contribution in [0.2, 0.25) is 0 Å². The van der Waals surface area contributed by atoms with Crippen LogP contribution in [-0.4, -0.2) is 28.5 Å². The van der Waals surface area contributed by atoms with Crippen molar-refractivity contribution in [2.45, 2.75) is 12.6 Å². The molecule has 0 unspecified atom stereocenters. The zero-order valence-electron chi connectivity index (χ0n) is 14.4. The fourth-order valence-corrected chi connectivity index (χ4v) is 2.51. The van der Waals surface area contributed by atoms with E-state index in [4.69, 9.17) is 4.74 Å². The van der Waals surface area contributed by atoms with Crippen molar-refractivity contribution in [2.75, 3.05) is 6.61 Å². The highest BCUT2D eigenvalue weighted by Crippen LogP contribution is 2.31. The average molecular weight is 390 g/mol. The van der Waals surface area contributed by atoms with Crippen LogP contribution in [-0.2, 0) is 6.42 Å². The van der Waals surface area contributed by atoms with Gasteiger partial charge in [-0.15, -0.1) is 0 Å². The third-order valence-corrected chi connectivity index (χ3v) is 3.78. The highest BCUT2D eigenvalue weighted by atomic mass is 19.4. The van der Waals surface area contributed by atoms with E-state index in [1.165, 1.54) is 48.9 Å². The fraction of sp³-hybridized carbons (Fsp3) is 0.150. The monoisotopic (exact) mass is 390 g/mol. The van der Waals surface area contributed by atoms with Gasteiger partial charge in [0.1, 0.15) is 5.82 Å². The molecule has 144 valence electrons. The lowest BCUT2D eigenvalue weighted by Crippen LogP contribution is -2.20. The van der Waals surface area contributed by atoms with E-state index >= 15 is 0 Å². The molecular formula is C20H14F4N2O2. The molecule has 0 atom stereocenters. The Morgan fingerprint density at radius 3 is 2.46 bits per heavy atom. The molecule has 0 bridgehead atoms. The zero-order valence-corrected chi connectivity index (χ0v) is 14.4. The lowest BCUT2D eigenvalue weighted by molar-refractivity contribution is -0.154. The van der Waals surface area contributed by atoms with E-state index in [-0.39, 0.29) is 23.6 Å². The molecule has 0 spiro atoms. The van der Waals surface area contributed by atoms with Gasteiger partial charge in [0.25, 0.3) is 0 Å². The number of alkyl halides is 3. The first-order chi connectivity index (χ1) is 13.3. The first kappa shape index (κ1) is 19.5. The lowest BCUT2D eigenvalue weighted by Gasteiger charge is -2.13. The minimum absolute atomic E-state index is 0.0214. The average Bonchev–Trinajstić information content (AvgIpc) is 2.67. The lowest BCUT2D eigenvalue weighted by atomic mass is 10.0. The summed E-state index contributed by atoms with van der Waals surface area (Å²) in [5.41, 5.74) is 1.54. The van der Waals surface area contributed by atoms with Crippen LogP contribution in [0.3, 0.4) is 0 Å². The van der Waals surface area contributed by atoms with Gasteiger partial charge >= 0.3 is 6.18 Å². The summed E-state index contributed by atoms with van der Waals surface area (Å²) in [5.74, 6) is -0.956. The number of aromatic nitrogens is 2. The Kier molecular flexibility index (Phi) is 5.67. The molecule has 0 aliphatic carbocycles. The molecule has 3 rings (SSSR count). The van der Waals surface area contributed by atoms with Gasteiger partial charge in [0.15, 0.2) is 12.4 Å². The summed E-state index contributed by atoms with van der Waals surface area (Å²) in [6.07, 6.45) is -0.300. The summed E-state index contributed by atoms with van der Waals surface area (Å²) < 4.78 is 55.5. The maximum Gasteiger partial charge on any atom is 0.422 e. The standard InChI is InChI=1S/C20H14F4N2O2/c21-16-5-3-14(4-6-16)17-8-13(9-18(27)15-2-1-7-25-11-15)10-26-19(17)28-12-20(22,23)24/h1-8,10-11H,9,12H2. The van der Waals surface area contributed by atoms with E-state index in [1.807, 2.05) is 0 Å². The number of benzene rings is 1. The van der Waals surface area contributed by atoms with Gasteiger partial charge in [0.2, 0.25) is 5.88 Å². The summed E-state index contributed by atoms with van der Waals surface area (Å²) in [6.45, 7) is -1.51. The number of hydrogen-bond acceptors (Lipinski definition) is 4. The zero-order chi connectivity index (χ0) is 20.1. The largest absolute Gasteiger partial charge is 0.468 e. The van der Waals surface area contributed by atoms with Crippen molar-refractivity contribution in [3.8, 4) is 17.0 Å². The molecule has 28 heavy (non-hydrogen) atoms. The number of Topliss-reactive ketones (excluding diaryl/α,β-unsaturated/α-hetero) is 1. The summed E-state index contributed by atoms with van der Waals surface area (Å²) >= 11 is 0. The van der Waals surface area contributed by atoms with Crippen molar-refractivity contribution in [1.29, 1.82) is 0 Å². The molecule has 3 aromatic rings. The molecule has 0 saturated carbocycles. The van der Waals surface area contributed by atoms with Gasteiger partial charge in [-0.05, 0) is 41.5 Å². The van der Waals surface area contributed by atoms with Crippen molar-refractivity contribution >= 4 is 5.78 Å². The van der Waals surface area contributed by atoms with E-state index < -0.39 is 18.6 Å². The minimum Gasteiger partial charge on any atom is -0.468 e. The van der Waals surface area contributed by atoms with E-state index in [1.54, 1.807) is 12.1 Å². The van der Waals surface area contributed by atoms with E-state index in [0.717, 1.165) is 0 Å². The summed E-state index contributed by atoms with van der Waals surface area (Å²) in [6, 6.07) is 9.92. The van der Waals surface area contributed by atoms with Crippen molar-refractivity contribution in [2.24, 2.45) is 0 Å². The van der Waals surface area contributed by atoms with Crippen LogP contribution in [0.1, 0.15) is 15.9 Å². The molecule has 0 amide bonds. The second-order valence-corrected chi connectivity index (χ2v) is 5.95. The maximum absolute atomic E-state index is 13.2. The summed E-state index contributed by atoms with van der Waals surface area (Å²) in [5, 5.41) is 0. The first-order valence-electron chi connectivity index (χ1n) is 8.19. The van der Waals surface area contributed by atoms with E-state index in [9.17, 15) is 22.4 Å². The fourth-order valence-electron chi connectivity index (χ4n) is 2.51. The topological polar surface area (TPSA) is 52.1 Å². The maximum atomic E-state index is 13.2. The molecule has 8 heteroatoms. The van der Waals surface area contributed by atoms with Crippen LogP contribution in [0, 0.1) is 5.82 Å². The Bertz CT molecular complexity index is 958. The Labute approximate surface area is 157 Å². The molecule has 0 saturated heterocycles. The third-order valence-electron chi connectivity index (χ3n) is 3.78. The quantitative estimate of drug-likeness (QED) is 0.454. The number of carbonyl (C=O) groups is 1. The van der Waals surface area contributed by atoms with Gasteiger partial charge in [-0.2, -0.15) is 13.2 Å². The number of carbonyl (C=O) groups excluding carboxylic acids is 1. The third kappa shape index (κ3) is 5.12. The van der Waals surface area contributed by atoms with Crippen LogP contribution in [0.5, 0.6) is 5.88 Å². The van der Waals surface area contributed by atoms with Gasteiger partial charge in [0.05, 0.1) is 0 Å². The van der Waals surface area contributed by atoms with Crippen molar-refractivity contribution in [3.05, 3.63) is 78.0 Å². The Morgan fingerprint density at radius 2 is 1.82 bits per heavy atom. The van der Waals surface area contributed by atoms with Gasteiger partial charge < -0.3 is 4.74 Å². The van der Waals surface area contributed by atoms with Crippen molar-refractivity contribution < 1.29 is 27.1 Å². The van der Waals surface area contributed by atoms with Gasteiger partial charge in [-0.25, -0.2) is 9.37 Å². The molecule has 0 fully saturated rings. The van der Waals surface area contributed by atoms with Gasteiger partial charge in [0, 0.05) is 36.1 Å². The first-order valence-corrected chi connectivity index (χ1v) is 8.19. The number of hydrogen-bond donors (Lipinski definition) is 0. The summed E-state index contributed by atoms with van der Waals surface area (Å²) in [4.78, 5) is 20.2. The molecular weight excluding hydrogens is 376 g/mol. The van der Waals surface area contributed by atoms with Crippen molar-refractivity contribution in [1.82, 2.24) is 9.97 Å². The predicted molar refractivity (Wildman–Crippen MR) is 93.5 cm³/mol. The molecule has 2 heterocycles. The number of rotatable bonds is 6. The molecule has 0 radical (unpaired) electrons. The highest BCUT2D eigenvalue weighted by molar-refractivity contribution is 5.97. The molecule has 0 N–H and O–H groups in total. The normalized spacial score (nSPS) is 11.3. The molecule has 0 aliphatic rings. The predicted octanol–water partition coefficient (Wildman–Crippen LogP) is 4.65. The second kappa shape index (κ2) is 8.16. The van der Waals surface area contributed by atoms with E-state index in [0.29, 0.717) is 16.7 Å². The Morgan fingerprint density at radius 1 is 1.07 bits per heavy atom. The van der Waals surface area contributed by atoms with Gasteiger partial charge in [-0.3, -0.25) is 9.78 Å². The Balaban J connectivity index is 1.91. The van der Waals surface area contributed by atoms with E-state index in [2.05, 4.69) is 9.97 Å². The number of ether oxygens (including phenoxy) is 1. The highest BCUT2D eigenvalue weighted by Gasteiger charge is 2.29. The number of ketones is 1. The second-order valence-electron chi connectivity index (χ2n) is 5.95. The van der Waals surface area contributed by atoms with Crippen LogP contribution in [0.15, 0.2) is 61.1 Å². The molecule has 2 aromatic heterocycles. The van der Waals surface area contributed by atoms with Crippen LogP contribution >= 0.6 is 0 Å². The Hall–Kier alpha value is -3.29. The molecule has 0 aliphatic heterocycles. The smallest absolute Gasteiger partial charge is 0.422 e.